The summed E-state index contributed by atoms with van der Waals surface area (Å²) in [6, 6.07) is 10.4. The second-order valence-corrected chi connectivity index (χ2v) is 7.77. The van der Waals surface area contributed by atoms with Gasteiger partial charge in [0.1, 0.15) is 0 Å². The zero-order valence-electron chi connectivity index (χ0n) is 14.0. The molecule has 0 saturated heterocycles. The monoisotopic (exact) mass is 275 g/mol. The third-order valence-electron chi connectivity index (χ3n) is 3.55. The Morgan fingerprint density at radius 2 is 1.45 bits per heavy atom. The fourth-order valence-electron chi connectivity index (χ4n) is 3.40. The SMILES string of the molecule is CC(=O)N(Cc1ccccc1)C(C(C)(C)C)C(C)(C)C. The van der Waals surface area contributed by atoms with Gasteiger partial charge in [-0.25, -0.2) is 0 Å². The smallest absolute Gasteiger partial charge is 0.220 e. The Balaban J connectivity index is 3.13. The van der Waals surface area contributed by atoms with Crippen molar-refractivity contribution in [3.63, 3.8) is 0 Å². The average Bonchev–Trinajstić information content (AvgIpc) is 2.25. The van der Waals surface area contributed by atoms with Crippen molar-refractivity contribution in [3.8, 4) is 0 Å². The van der Waals surface area contributed by atoms with Crippen LogP contribution in [0.1, 0.15) is 54.0 Å². The van der Waals surface area contributed by atoms with Crippen LogP contribution in [0.4, 0.5) is 0 Å². The summed E-state index contributed by atoms with van der Waals surface area (Å²) in [4.78, 5) is 14.2. The highest BCUT2D eigenvalue weighted by Crippen LogP contribution is 2.38. The van der Waals surface area contributed by atoms with Gasteiger partial charge in [-0.05, 0) is 16.4 Å². The normalized spacial score (nSPS) is 12.6. The van der Waals surface area contributed by atoms with Gasteiger partial charge in [0.25, 0.3) is 0 Å². The summed E-state index contributed by atoms with van der Waals surface area (Å²) in [5.41, 5.74) is 1.26. The highest BCUT2D eigenvalue weighted by Gasteiger charge is 2.40. The number of hydrogen-bond acceptors (Lipinski definition) is 1. The molecule has 20 heavy (non-hydrogen) atoms. The van der Waals surface area contributed by atoms with E-state index in [1.54, 1.807) is 6.92 Å². The molecule has 2 nitrogen and oxygen atoms in total. The minimum atomic E-state index is 0.0404. The fraction of sp³-hybridized carbons (Fsp3) is 0.611. The topological polar surface area (TPSA) is 20.3 Å². The van der Waals surface area contributed by atoms with Crippen LogP contribution in [0, 0.1) is 10.8 Å². The first kappa shape index (κ1) is 16.7. The Bertz CT molecular complexity index is 423. The number of rotatable bonds is 3. The zero-order chi connectivity index (χ0) is 15.6. The van der Waals surface area contributed by atoms with E-state index in [9.17, 15) is 4.79 Å². The largest absolute Gasteiger partial charge is 0.335 e. The van der Waals surface area contributed by atoms with Crippen LogP contribution in [-0.4, -0.2) is 16.8 Å². The second-order valence-electron chi connectivity index (χ2n) is 7.77. The predicted molar refractivity (Wildman–Crippen MR) is 85.4 cm³/mol. The molecule has 0 fully saturated rings. The number of carbonyl (C=O) groups is 1. The van der Waals surface area contributed by atoms with Crippen LogP contribution in [-0.2, 0) is 11.3 Å². The number of benzene rings is 1. The van der Waals surface area contributed by atoms with E-state index >= 15 is 0 Å². The Morgan fingerprint density at radius 3 is 1.80 bits per heavy atom. The molecule has 0 atom stereocenters. The van der Waals surface area contributed by atoms with E-state index in [2.05, 4.69) is 53.7 Å². The molecule has 0 unspecified atom stereocenters. The maximum atomic E-state index is 12.2. The lowest BCUT2D eigenvalue weighted by Gasteiger charge is -2.47. The Hall–Kier alpha value is -1.31. The molecule has 0 aliphatic rings. The summed E-state index contributed by atoms with van der Waals surface area (Å²) in [7, 11) is 0. The minimum absolute atomic E-state index is 0.0404. The van der Waals surface area contributed by atoms with Crippen molar-refractivity contribution in [3.05, 3.63) is 35.9 Å². The second kappa shape index (κ2) is 5.99. The molecule has 1 aromatic rings. The van der Waals surface area contributed by atoms with Crippen molar-refractivity contribution in [2.75, 3.05) is 0 Å². The molecule has 1 rings (SSSR count). The summed E-state index contributed by atoms with van der Waals surface area (Å²) < 4.78 is 0. The third kappa shape index (κ3) is 4.36. The predicted octanol–water partition coefficient (Wildman–Crippen LogP) is 4.50. The van der Waals surface area contributed by atoms with Crippen LogP contribution in [0.3, 0.4) is 0 Å². The van der Waals surface area contributed by atoms with Crippen LogP contribution < -0.4 is 0 Å². The summed E-state index contributed by atoms with van der Waals surface area (Å²) >= 11 is 0. The third-order valence-corrected chi connectivity index (χ3v) is 3.55. The Kier molecular flexibility index (Phi) is 5.01. The minimum Gasteiger partial charge on any atom is -0.335 e. The number of hydrogen-bond donors (Lipinski definition) is 0. The lowest BCUT2D eigenvalue weighted by molar-refractivity contribution is -0.138. The highest BCUT2D eigenvalue weighted by atomic mass is 16.2. The maximum Gasteiger partial charge on any atom is 0.220 e. The molecule has 0 aromatic heterocycles. The van der Waals surface area contributed by atoms with Crippen molar-refractivity contribution < 1.29 is 4.79 Å². The van der Waals surface area contributed by atoms with Gasteiger partial charge in [-0.3, -0.25) is 4.79 Å². The van der Waals surface area contributed by atoms with Crippen LogP contribution in [0.5, 0.6) is 0 Å². The van der Waals surface area contributed by atoms with E-state index < -0.39 is 0 Å². The van der Waals surface area contributed by atoms with Gasteiger partial charge in [-0.1, -0.05) is 71.9 Å². The van der Waals surface area contributed by atoms with Gasteiger partial charge >= 0.3 is 0 Å². The van der Waals surface area contributed by atoms with Crippen molar-refractivity contribution in [1.82, 2.24) is 4.90 Å². The lowest BCUT2D eigenvalue weighted by atomic mass is 9.71. The Labute approximate surface area is 124 Å². The fourth-order valence-corrected chi connectivity index (χ4v) is 3.40. The molecule has 0 heterocycles. The van der Waals surface area contributed by atoms with Gasteiger partial charge in [-0.15, -0.1) is 0 Å². The Morgan fingerprint density at radius 1 is 1.00 bits per heavy atom. The van der Waals surface area contributed by atoms with E-state index in [-0.39, 0.29) is 22.8 Å². The molecule has 0 aliphatic carbocycles. The van der Waals surface area contributed by atoms with E-state index in [1.165, 1.54) is 5.56 Å². The van der Waals surface area contributed by atoms with E-state index in [0.717, 1.165) is 0 Å². The van der Waals surface area contributed by atoms with Gasteiger partial charge in [0.05, 0.1) is 0 Å². The number of nitrogens with zero attached hydrogens (tertiary/aromatic N) is 1. The van der Waals surface area contributed by atoms with E-state index in [4.69, 9.17) is 0 Å². The van der Waals surface area contributed by atoms with Gasteiger partial charge in [0, 0.05) is 19.5 Å². The lowest BCUT2D eigenvalue weighted by Crippen LogP contribution is -2.53. The summed E-state index contributed by atoms with van der Waals surface area (Å²) in [5, 5.41) is 0. The van der Waals surface area contributed by atoms with Crippen LogP contribution in [0.15, 0.2) is 30.3 Å². The first-order chi connectivity index (χ1) is 9.03. The van der Waals surface area contributed by atoms with E-state index in [0.29, 0.717) is 6.54 Å². The average molecular weight is 275 g/mol. The first-order valence-corrected chi connectivity index (χ1v) is 7.34. The van der Waals surface area contributed by atoms with Gasteiger partial charge in [0.2, 0.25) is 5.91 Å². The van der Waals surface area contributed by atoms with Crippen molar-refractivity contribution in [2.45, 2.75) is 61.1 Å². The number of carbonyl (C=O) groups excluding carboxylic acids is 1. The standard InChI is InChI=1S/C18H29NO/c1-14(20)19(13-15-11-9-8-10-12-15)16(17(2,3)4)18(5,6)7/h8-12,16H,13H2,1-7H3. The molecular formula is C18H29NO. The summed E-state index contributed by atoms with van der Waals surface area (Å²) in [5.74, 6) is 0.142. The van der Waals surface area contributed by atoms with Crippen molar-refractivity contribution in [1.29, 1.82) is 0 Å². The van der Waals surface area contributed by atoms with Gasteiger partial charge in [-0.2, -0.15) is 0 Å². The molecule has 2 heteroatoms. The summed E-state index contributed by atoms with van der Waals surface area (Å²) in [6.45, 7) is 15.6. The molecular weight excluding hydrogens is 246 g/mol. The van der Waals surface area contributed by atoms with Crippen LogP contribution in [0.2, 0.25) is 0 Å². The molecule has 112 valence electrons. The molecule has 0 spiro atoms. The molecule has 0 aliphatic heterocycles. The molecule has 1 aromatic carbocycles. The summed E-state index contributed by atoms with van der Waals surface area (Å²) in [6.07, 6.45) is 0. The molecule has 0 radical (unpaired) electrons. The van der Waals surface area contributed by atoms with Gasteiger partial charge < -0.3 is 4.90 Å². The van der Waals surface area contributed by atoms with Crippen LogP contribution >= 0.6 is 0 Å². The molecule has 1 amide bonds. The molecule has 0 saturated carbocycles. The molecule has 0 N–H and O–H groups in total. The zero-order valence-corrected chi connectivity index (χ0v) is 14.0. The number of amides is 1. The van der Waals surface area contributed by atoms with Gasteiger partial charge in [0.15, 0.2) is 0 Å². The first-order valence-electron chi connectivity index (χ1n) is 7.34. The van der Waals surface area contributed by atoms with Crippen molar-refractivity contribution >= 4 is 5.91 Å². The van der Waals surface area contributed by atoms with Crippen molar-refractivity contribution in [2.24, 2.45) is 10.8 Å². The highest BCUT2D eigenvalue weighted by molar-refractivity contribution is 5.73. The maximum absolute atomic E-state index is 12.2. The molecule has 0 bridgehead atoms. The van der Waals surface area contributed by atoms with Crippen LogP contribution in [0.25, 0.3) is 0 Å². The van der Waals surface area contributed by atoms with E-state index in [1.807, 2.05) is 23.1 Å². The quantitative estimate of drug-likeness (QED) is 0.795.